The van der Waals surface area contributed by atoms with Crippen LogP contribution < -0.4 is 10.5 Å². The van der Waals surface area contributed by atoms with Crippen LogP contribution in [0, 0.1) is 18.7 Å². The minimum Gasteiger partial charge on any atom is -0.398 e. The third kappa shape index (κ3) is 3.93. The Morgan fingerprint density at radius 3 is 2.86 bits per heavy atom. The lowest BCUT2D eigenvalue weighted by Crippen LogP contribution is -2.39. The zero-order chi connectivity index (χ0) is 15.6. The summed E-state index contributed by atoms with van der Waals surface area (Å²) in [5, 5.41) is 0. The van der Waals surface area contributed by atoms with Crippen LogP contribution in [0.15, 0.2) is 17.0 Å². The van der Waals surface area contributed by atoms with Gasteiger partial charge in [0.25, 0.3) is 0 Å². The summed E-state index contributed by atoms with van der Waals surface area (Å²) >= 11 is 0. The van der Waals surface area contributed by atoms with Gasteiger partial charge < -0.3 is 10.6 Å². The molecule has 118 valence electrons. The van der Waals surface area contributed by atoms with Crippen LogP contribution in [-0.4, -0.2) is 40.0 Å². The van der Waals surface area contributed by atoms with E-state index >= 15 is 0 Å². The Balaban J connectivity index is 2.10. The Bertz CT molecular complexity index is 619. The molecule has 1 aliphatic rings. The van der Waals surface area contributed by atoms with Crippen LogP contribution in [0.5, 0.6) is 0 Å². The number of benzene rings is 1. The highest BCUT2D eigenvalue weighted by Crippen LogP contribution is 2.22. The van der Waals surface area contributed by atoms with Crippen LogP contribution in [0.25, 0.3) is 0 Å². The van der Waals surface area contributed by atoms with Crippen LogP contribution in [0.2, 0.25) is 0 Å². The number of piperidine rings is 1. The van der Waals surface area contributed by atoms with Crippen LogP contribution in [-0.2, 0) is 10.0 Å². The summed E-state index contributed by atoms with van der Waals surface area (Å²) < 4.78 is 40.8. The number of nitrogen functional groups attached to an aromatic ring is 1. The number of halogens is 1. The lowest BCUT2D eigenvalue weighted by molar-refractivity contribution is 0.211. The monoisotopic (exact) mass is 315 g/mol. The summed E-state index contributed by atoms with van der Waals surface area (Å²) in [7, 11) is -1.86. The molecule has 0 radical (unpaired) electrons. The number of rotatable bonds is 4. The molecule has 1 aromatic carbocycles. The Morgan fingerprint density at radius 2 is 2.19 bits per heavy atom. The number of sulfonamides is 1. The van der Waals surface area contributed by atoms with Crippen molar-refractivity contribution >= 4 is 15.7 Å². The maximum Gasteiger partial charge on any atom is 0.243 e. The first-order chi connectivity index (χ1) is 9.79. The van der Waals surface area contributed by atoms with E-state index in [2.05, 4.69) is 9.62 Å². The second kappa shape index (κ2) is 6.29. The van der Waals surface area contributed by atoms with Gasteiger partial charge in [-0.1, -0.05) is 0 Å². The number of aryl methyl sites for hydroxylation is 1. The van der Waals surface area contributed by atoms with Crippen molar-refractivity contribution in [2.45, 2.75) is 24.7 Å². The first-order valence-electron chi connectivity index (χ1n) is 7.03. The summed E-state index contributed by atoms with van der Waals surface area (Å²) in [6.45, 7) is 3.84. The molecule has 1 saturated heterocycles. The van der Waals surface area contributed by atoms with Gasteiger partial charge in [-0.15, -0.1) is 0 Å². The van der Waals surface area contributed by atoms with Gasteiger partial charge in [0.2, 0.25) is 10.0 Å². The van der Waals surface area contributed by atoms with Crippen molar-refractivity contribution in [1.82, 2.24) is 9.62 Å². The molecule has 21 heavy (non-hydrogen) atoms. The zero-order valence-corrected chi connectivity index (χ0v) is 13.2. The molecule has 5 nitrogen and oxygen atoms in total. The number of hydrogen-bond acceptors (Lipinski definition) is 4. The third-order valence-electron chi connectivity index (χ3n) is 3.89. The standard InChI is InChI=1S/C14H22FN3O2S/c1-10-6-12(15)14(7-13(10)16)21(19,20)17-8-11-4-3-5-18(2)9-11/h6-7,11,17H,3-5,8-9,16H2,1-2H3. The molecule has 1 aliphatic heterocycles. The Kier molecular flexibility index (Phi) is 4.85. The maximum absolute atomic E-state index is 13.9. The van der Waals surface area contributed by atoms with Crippen molar-refractivity contribution < 1.29 is 12.8 Å². The summed E-state index contributed by atoms with van der Waals surface area (Å²) in [6.07, 6.45) is 2.03. The van der Waals surface area contributed by atoms with Crippen molar-refractivity contribution in [1.29, 1.82) is 0 Å². The highest BCUT2D eigenvalue weighted by Gasteiger charge is 2.23. The smallest absolute Gasteiger partial charge is 0.243 e. The van der Waals surface area contributed by atoms with Crippen LogP contribution in [0.3, 0.4) is 0 Å². The van der Waals surface area contributed by atoms with E-state index in [4.69, 9.17) is 5.73 Å². The Labute approximate surface area is 125 Å². The van der Waals surface area contributed by atoms with Crippen LogP contribution in [0.1, 0.15) is 18.4 Å². The molecule has 1 unspecified atom stereocenters. The fraction of sp³-hybridized carbons (Fsp3) is 0.571. The Hall–Kier alpha value is -1.18. The third-order valence-corrected chi connectivity index (χ3v) is 5.33. The lowest BCUT2D eigenvalue weighted by atomic mass is 9.99. The van der Waals surface area contributed by atoms with E-state index in [1.807, 2.05) is 7.05 Å². The quantitative estimate of drug-likeness (QED) is 0.822. The maximum atomic E-state index is 13.9. The molecule has 0 bridgehead atoms. The number of nitrogens with one attached hydrogen (secondary N) is 1. The van der Waals surface area contributed by atoms with Crippen molar-refractivity contribution in [3.8, 4) is 0 Å². The van der Waals surface area contributed by atoms with Gasteiger partial charge in [-0.3, -0.25) is 0 Å². The molecule has 0 spiro atoms. The predicted octanol–water partition coefficient (Wildman–Crippen LogP) is 1.34. The molecular formula is C14H22FN3O2S. The molecule has 1 fully saturated rings. The minimum absolute atomic E-state index is 0.254. The fourth-order valence-electron chi connectivity index (χ4n) is 2.62. The molecule has 1 atom stereocenters. The second-order valence-electron chi connectivity index (χ2n) is 5.76. The highest BCUT2D eigenvalue weighted by atomic mass is 32.2. The molecule has 7 heteroatoms. The van der Waals surface area contributed by atoms with Crippen molar-refractivity contribution in [2.75, 3.05) is 32.4 Å². The second-order valence-corrected chi connectivity index (χ2v) is 7.50. The normalized spacial score (nSPS) is 20.6. The number of nitrogens with zero attached hydrogens (tertiary/aromatic N) is 1. The van der Waals surface area contributed by atoms with Crippen LogP contribution in [0.4, 0.5) is 10.1 Å². The van der Waals surface area contributed by atoms with E-state index in [0.29, 0.717) is 12.1 Å². The van der Waals surface area contributed by atoms with Gasteiger partial charge in [0.15, 0.2) is 0 Å². The average Bonchev–Trinajstić information content (AvgIpc) is 2.41. The summed E-state index contributed by atoms with van der Waals surface area (Å²) in [5.41, 5.74) is 6.48. The van der Waals surface area contributed by atoms with Gasteiger partial charge in [0.05, 0.1) is 0 Å². The van der Waals surface area contributed by atoms with E-state index in [1.54, 1.807) is 6.92 Å². The summed E-state index contributed by atoms with van der Waals surface area (Å²) in [5.74, 6) is -0.514. The van der Waals surface area contributed by atoms with E-state index in [9.17, 15) is 12.8 Å². The highest BCUT2D eigenvalue weighted by molar-refractivity contribution is 7.89. The number of likely N-dealkylation sites (tertiary alicyclic amines) is 1. The fourth-order valence-corrected chi connectivity index (χ4v) is 3.83. The average molecular weight is 315 g/mol. The molecule has 3 N–H and O–H groups in total. The predicted molar refractivity (Wildman–Crippen MR) is 81.0 cm³/mol. The van der Waals surface area contributed by atoms with Crippen molar-refractivity contribution in [3.05, 3.63) is 23.5 Å². The Morgan fingerprint density at radius 1 is 1.48 bits per heavy atom. The lowest BCUT2D eigenvalue weighted by Gasteiger charge is -2.29. The zero-order valence-electron chi connectivity index (χ0n) is 12.4. The van der Waals surface area contributed by atoms with Gasteiger partial charge >= 0.3 is 0 Å². The van der Waals surface area contributed by atoms with Gasteiger partial charge in [0.1, 0.15) is 10.7 Å². The van der Waals surface area contributed by atoms with Crippen molar-refractivity contribution in [2.24, 2.45) is 5.92 Å². The van der Waals surface area contributed by atoms with Gasteiger partial charge in [-0.2, -0.15) is 0 Å². The van der Waals surface area contributed by atoms with Gasteiger partial charge in [-0.25, -0.2) is 17.5 Å². The number of anilines is 1. The molecule has 0 aliphatic carbocycles. The van der Waals surface area contributed by atoms with E-state index in [0.717, 1.165) is 32.0 Å². The van der Waals surface area contributed by atoms with E-state index < -0.39 is 15.8 Å². The van der Waals surface area contributed by atoms with Crippen LogP contribution >= 0.6 is 0 Å². The molecule has 2 rings (SSSR count). The van der Waals surface area contributed by atoms with Crippen molar-refractivity contribution in [3.63, 3.8) is 0 Å². The SMILES string of the molecule is Cc1cc(F)c(S(=O)(=O)NCC2CCCN(C)C2)cc1N. The molecule has 1 heterocycles. The molecule has 0 aromatic heterocycles. The number of hydrogen-bond donors (Lipinski definition) is 2. The molecule has 0 saturated carbocycles. The topological polar surface area (TPSA) is 75.4 Å². The molecular weight excluding hydrogens is 293 g/mol. The van der Waals surface area contributed by atoms with Gasteiger partial charge in [0, 0.05) is 18.8 Å². The molecule has 1 aromatic rings. The van der Waals surface area contributed by atoms with E-state index in [-0.39, 0.29) is 16.5 Å². The minimum atomic E-state index is -3.87. The van der Waals surface area contributed by atoms with E-state index in [1.165, 1.54) is 6.07 Å². The van der Waals surface area contributed by atoms with Gasteiger partial charge in [-0.05, 0) is 57.0 Å². The first kappa shape index (κ1) is 16.2. The molecule has 0 amide bonds. The summed E-state index contributed by atoms with van der Waals surface area (Å²) in [4.78, 5) is 1.79. The number of nitrogens with two attached hydrogens (primary N) is 1. The summed E-state index contributed by atoms with van der Waals surface area (Å²) in [6, 6.07) is 2.33. The first-order valence-corrected chi connectivity index (χ1v) is 8.52. The largest absolute Gasteiger partial charge is 0.398 e.